The van der Waals surface area contributed by atoms with Crippen LogP contribution in [0, 0.1) is 25.5 Å². The maximum atomic E-state index is 13.7. The second-order valence-corrected chi connectivity index (χ2v) is 6.68. The second kappa shape index (κ2) is 7.12. The van der Waals surface area contributed by atoms with Crippen molar-refractivity contribution in [3.05, 3.63) is 46.8 Å². The Bertz CT molecular complexity index is 752. The smallest absolute Gasteiger partial charge is 0.128 e. The monoisotopic (exact) mass is 352 g/mol. The molecular formula is C19H23F3N2O. The summed E-state index contributed by atoms with van der Waals surface area (Å²) in [7, 11) is 1.57. The van der Waals surface area contributed by atoms with Crippen molar-refractivity contribution in [1.29, 1.82) is 0 Å². The third-order valence-corrected chi connectivity index (χ3v) is 4.92. The van der Waals surface area contributed by atoms with E-state index in [4.69, 9.17) is 4.74 Å². The van der Waals surface area contributed by atoms with Crippen LogP contribution in [0.4, 0.5) is 18.9 Å². The number of benzene rings is 1. The summed E-state index contributed by atoms with van der Waals surface area (Å²) in [5, 5.41) is 3.42. The van der Waals surface area contributed by atoms with Gasteiger partial charge in [-0.25, -0.2) is 13.2 Å². The Morgan fingerprint density at radius 1 is 1.16 bits per heavy atom. The summed E-state index contributed by atoms with van der Waals surface area (Å²) in [6.45, 7) is 4.13. The van der Waals surface area contributed by atoms with Gasteiger partial charge in [-0.1, -0.05) is 0 Å². The predicted octanol–water partition coefficient (Wildman–Crippen LogP) is 4.82. The molecule has 0 bridgehead atoms. The Hall–Kier alpha value is -1.95. The van der Waals surface area contributed by atoms with Crippen molar-refractivity contribution < 1.29 is 17.9 Å². The largest absolute Gasteiger partial charge is 0.380 e. The van der Waals surface area contributed by atoms with E-state index in [0.29, 0.717) is 18.5 Å². The van der Waals surface area contributed by atoms with Gasteiger partial charge in [0.2, 0.25) is 0 Å². The maximum Gasteiger partial charge on any atom is 0.128 e. The van der Waals surface area contributed by atoms with E-state index >= 15 is 0 Å². The minimum Gasteiger partial charge on any atom is -0.380 e. The van der Waals surface area contributed by atoms with Crippen LogP contribution >= 0.6 is 0 Å². The van der Waals surface area contributed by atoms with E-state index < -0.39 is 17.8 Å². The first-order chi connectivity index (χ1) is 11.9. The van der Waals surface area contributed by atoms with Crippen molar-refractivity contribution in [2.24, 2.45) is 0 Å². The van der Waals surface area contributed by atoms with Gasteiger partial charge in [-0.2, -0.15) is 0 Å². The molecule has 136 valence electrons. The lowest BCUT2D eigenvalue weighted by atomic mass is 10.2. The van der Waals surface area contributed by atoms with Gasteiger partial charge >= 0.3 is 0 Å². The third kappa shape index (κ3) is 3.54. The van der Waals surface area contributed by atoms with E-state index in [0.717, 1.165) is 35.1 Å². The van der Waals surface area contributed by atoms with Gasteiger partial charge in [0.05, 0.1) is 23.7 Å². The summed E-state index contributed by atoms with van der Waals surface area (Å²) in [4.78, 5) is 0. The molecule has 0 spiro atoms. The van der Waals surface area contributed by atoms with Gasteiger partial charge in [-0.05, 0) is 50.8 Å². The quantitative estimate of drug-likeness (QED) is 0.835. The van der Waals surface area contributed by atoms with E-state index in [9.17, 15) is 13.2 Å². The molecule has 1 aromatic heterocycles. The second-order valence-electron chi connectivity index (χ2n) is 6.68. The fraction of sp³-hybridized carbons (Fsp3) is 0.474. The standard InChI is InChI=1S/C19H23F3N2O/c1-11-12(2)24(17-8-14(21)6-15(22)9-17)18(10-25-3)19(11)23-16-5-4-13(20)7-16/h6,8-9,13,16,23H,4-5,7,10H2,1-3H3/t13-,16+/m1/s1. The van der Waals surface area contributed by atoms with Crippen molar-refractivity contribution in [2.45, 2.75) is 51.9 Å². The van der Waals surface area contributed by atoms with Crippen molar-refractivity contribution >= 4 is 5.69 Å². The van der Waals surface area contributed by atoms with E-state index in [2.05, 4.69) is 5.32 Å². The average Bonchev–Trinajstić information content (AvgIpc) is 3.04. The summed E-state index contributed by atoms with van der Waals surface area (Å²) in [5.41, 5.74) is 3.90. The number of rotatable bonds is 5. The topological polar surface area (TPSA) is 26.2 Å². The van der Waals surface area contributed by atoms with E-state index in [1.807, 2.05) is 13.8 Å². The van der Waals surface area contributed by atoms with Gasteiger partial charge in [0.1, 0.15) is 17.8 Å². The maximum absolute atomic E-state index is 13.7. The molecule has 1 heterocycles. The summed E-state index contributed by atoms with van der Waals surface area (Å²) in [6, 6.07) is 3.51. The van der Waals surface area contributed by atoms with Crippen LogP contribution < -0.4 is 5.32 Å². The van der Waals surface area contributed by atoms with E-state index in [1.165, 1.54) is 12.1 Å². The molecule has 1 aliphatic rings. The molecule has 0 aliphatic heterocycles. The van der Waals surface area contributed by atoms with Crippen LogP contribution in [-0.2, 0) is 11.3 Å². The third-order valence-electron chi connectivity index (χ3n) is 4.92. The molecule has 1 saturated carbocycles. The van der Waals surface area contributed by atoms with Crippen LogP contribution in [0.1, 0.15) is 36.2 Å². The Balaban J connectivity index is 2.07. The molecule has 1 aromatic carbocycles. The Kier molecular flexibility index (Phi) is 5.08. The lowest BCUT2D eigenvalue weighted by Crippen LogP contribution is -2.17. The highest BCUT2D eigenvalue weighted by molar-refractivity contribution is 5.62. The lowest BCUT2D eigenvalue weighted by Gasteiger charge is -2.17. The van der Waals surface area contributed by atoms with Gasteiger partial charge < -0.3 is 14.6 Å². The van der Waals surface area contributed by atoms with Crippen molar-refractivity contribution in [1.82, 2.24) is 4.57 Å². The highest BCUT2D eigenvalue weighted by Crippen LogP contribution is 2.34. The van der Waals surface area contributed by atoms with Crippen LogP contribution in [0.3, 0.4) is 0 Å². The van der Waals surface area contributed by atoms with Crippen LogP contribution in [0.15, 0.2) is 18.2 Å². The molecule has 1 fully saturated rings. The highest BCUT2D eigenvalue weighted by Gasteiger charge is 2.27. The molecule has 1 N–H and O–H groups in total. The lowest BCUT2D eigenvalue weighted by molar-refractivity contribution is 0.180. The number of hydrogen-bond acceptors (Lipinski definition) is 2. The van der Waals surface area contributed by atoms with Crippen LogP contribution in [0.2, 0.25) is 0 Å². The first-order valence-electron chi connectivity index (χ1n) is 8.47. The van der Waals surface area contributed by atoms with Crippen molar-refractivity contribution in [3.8, 4) is 5.69 Å². The zero-order valence-corrected chi connectivity index (χ0v) is 14.7. The van der Waals surface area contributed by atoms with Gasteiger partial charge in [-0.15, -0.1) is 0 Å². The molecule has 0 unspecified atom stereocenters. The fourth-order valence-electron chi connectivity index (χ4n) is 3.62. The first kappa shape index (κ1) is 17.9. The number of methoxy groups -OCH3 is 1. The molecule has 1 aliphatic carbocycles. The molecule has 0 saturated heterocycles. The number of nitrogens with zero attached hydrogens (tertiary/aromatic N) is 1. The Morgan fingerprint density at radius 3 is 2.40 bits per heavy atom. The van der Waals surface area contributed by atoms with Crippen molar-refractivity contribution in [2.75, 3.05) is 12.4 Å². The number of alkyl halides is 1. The summed E-state index contributed by atoms with van der Waals surface area (Å²) in [6.07, 6.45) is 1.03. The minimum atomic E-state index is -0.774. The molecule has 6 heteroatoms. The summed E-state index contributed by atoms with van der Waals surface area (Å²) >= 11 is 0. The van der Waals surface area contributed by atoms with E-state index in [-0.39, 0.29) is 12.6 Å². The van der Waals surface area contributed by atoms with Crippen molar-refractivity contribution in [3.63, 3.8) is 0 Å². The molecule has 25 heavy (non-hydrogen) atoms. The fourth-order valence-corrected chi connectivity index (χ4v) is 3.62. The zero-order chi connectivity index (χ0) is 18.1. The van der Waals surface area contributed by atoms with Gasteiger partial charge in [0, 0.05) is 24.9 Å². The molecule has 0 amide bonds. The first-order valence-corrected chi connectivity index (χ1v) is 8.47. The molecular weight excluding hydrogens is 329 g/mol. The molecule has 2 aromatic rings. The SMILES string of the molecule is COCc1c(N[C@H]2CC[C@@H](F)C2)c(C)c(C)n1-c1cc(F)cc(F)c1. The van der Waals surface area contributed by atoms with Crippen LogP contribution in [0.5, 0.6) is 0 Å². The number of ether oxygens (including phenoxy) is 1. The number of hydrogen-bond donors (Lipinski definition) is 1. The number of anilines is 1. The number of nitrogens with one attached hydrogen (secondary N) is 1. The predicted molar refractivity (Wildman–Crippen MR) is 92.0 cm³/mol. The van der Waals surface area contributed by atoms with Gasteiger partial charge in [0.25, 0.3) is 0 Å². The van der Waals surface area contributed by atoms with Gasteiger partial charge in [0.15, 0.2) is 0 Å². The van der Waals surface area contributed by atoms with Crippen LogP contribution in [-0.4, -0.2) is 23.9 Å². The normalized spacial score (nSPS) is 20.2. The summed E-state index contributed by atoms with van der Waals surface area (Å²) < 4.78 is 48.0. The Labute approximate surface area is 145 Å². The molecule has 0 radical (unpaired) electrons. The number of aromatic nitrogens is 1. The van der Waals surface area contributed by atoms with E-state index in [1.54, 1.807) is 11.7 Å². The average molecular weight is 352 g/mol. The molecule has 3 nitrogen and oxygen atoms in total. The Morgan fingerprint density at radius 2 is 1.84 bits per heavy atom. The minimum absolute atomic E-state index is 0.0591. The molecule has 3 rings (SSSR count). The van der Waals surface area contributed by atoms with Crippen LogP contribution in [0.25, 0.3) is 5.69 Å². The highest BCUT2D eigenvalue weighted by atomic mass is 19.1. The zero-order valence-electron chi connectivity index (χ0n) is 14.7. The summed E-state index contributed by atoms with van der Waals surface area (Å²) in [5.74, 6) is -1.26. The molecule has 2 atom stereocenters. The van der Waals surface area contributed by atoms with Gasteiger partial charge in [-0.3, -0.25) is 0 Å². The number of halogens is 3.